The number of likely N-dealkylation sites (tertiary alicyclic amines) is 1. The molecule has 1 atom stereocenters. The monoisotopic (exact) mass is 349 g/mol. The van der Waals surface area contributed by atoms with E-state index in [1.807, 2.05) is 0 Å². The average molecular weight is 350 g/mol. The third kappa shape index (κ3) is 3.97. The first-order valence-electron chi connectivity index (χ1n) is 8.89. The number of carbonyl (C=O) groups excluding carboxylic acids is 2. The van der Waals surface area contributed by atoms with E-state index in [2.05, 4.69) is 36.5 Å². The Morgan fingerprint density at radius 3 is 2.71 bits per heavy atom. The number of nitrogens with zero attached hydrogens (tertiary/aromatic N) is 2. The third-order valence-electron chi connectivity index (χ3n) is 4.72. The van der Waals surface area contributed by atoms with Gasteiger partial charge >= 0.3 is 0 Å². The summed E-state index contributed by atoms with van der Waals surface area (Å²) in [5, 5.41) is 6.15. The zero-order valence-electron chi connectivity index (χ0n) is 14.8. The van der Waals surface area contributed by atoms with E-state index >= 15 is 0 Å². The highest BCUT2D eigenvalue weighted by molar-refractivity contribution is 7.09. The standard InChI is InChI=1S/C18H27N3O2S/c1-18(2,3)14-11-24-15(20-14)8-9-19-16(22)13-5-4-10-21(13)17(23)12-6-7-12/h11-13H,4-10H2,1-3H3,(H,19,22)/t13-/m1/s1. The molecular weight excluding hydrogens is 322 g/mol. The Balaban J connectivity index is 1.48. The molecule has 1 aliphatic carbocycles. The topological polar surface area (TPSA) is 62.3 Å². The molecule has 0 aromatic carbocycles. The molecule has 3 rings (SSSR count). The lowest BCUT2D eigenvalue weighted by Crippen LogP contribution is -2.46. The second kappa shape index (κ2) is 6.82. The van der Waals surface area contributed by atoms with Gasteiger partial charge in [0.2, 0.25) is 11.8 Å². The van der Waals surface area contributed by atoms with Crippen molar-refractivity contribution in [3.05, 3.63) is 16.1 Å². The van der Waals surface area contributed by atoms with Gasteiger partial charge in [-0.25, -0.2) is 4.98 Å². The van der Waals surface area contributed by atoms with Crippen LogP contribution < -0.4 is 5.32 Å². The van der Waals surface area contributed by atoms with Crippen LogP contribution in [0.1, 0.15) is 57.2 Å². The molecular formula is C18H27N3O2S. The van der Waals surface area contributed by atoms with Gasteiger partial charge < -0.3 is 10.2 Å². The van der Waals surface area contributed by atoms with Crippen molar-refractivity contribution < 1.29 is 9.59 Å². The van der Waals surface area contributed by atoms with Crippen LogP contribution in [0.15, 0.2) is 5.38 Å². The summed E-state index contributed by atoms with van der Waals surface area (Å²) >= 11 is 1.65. The van der Waals surface area contributed by atoms with Crippen LogP contribution in [0.5, 0.6) is 0 Å². The number of hydrogen-bond donors (Lipinski definition) is 1. The average Bonchev–Trinajstić information content (AvgIpc) is 3.05. The Labute approximate surface area is 147 Å². The van der Waals surface area contributed by atoms with Crippen LogP contribution >= 0.6 is 11.3 Å². The molecule has 1 aromatic heterocycles. The molecule has 0 bridgehead atoms. The minimum Gasteiger partial charge on any atom is -0.354 e. The van der Waals surface area contributed by atoms with Crippen molar-refractivity contribution in [3.63, 3.8) is 0 Å². The number of amides is 2. The maximum Gasteiger partial charge on any atom is 0.242 e. The lowest BCUT2D eigenvalue weighted by atomic mass is 9.93. The van der Waals surface area contributed by atoms with Gasteiger partial charge in [-0.3, -0.25) is 9.59 Å². The van der Waals surface area contributed by atoms with E-state index in [1.165, 1.54) is 0 Å². The molecule has 1 saturated heterocycles. The minimum atomic E-state index is -0.264. The van der Waals surface area contributed by atoms with Crippen molar-refractivity contribution in [2.24, 2.45) is 5.92 Å². The van der Waals surface area contributed by atoms with Gasteiger partial charge in [0.05, 0.1) is 10.7 Å². The second-order valence-electron chi connectivity index (χ2n) is 7.88. The zero-order chi connectivity index (χ0) is 17.3. The Morgan fingerprint density at radius 1 is 1.33 bits per heavy atom. The molecule has 132 valence electrons. The fraction of sp³-hybridized carbons (Fsp3) is 0.722. The normalized spacial score (nSPS) is 21.1. The smallest absolute Gasteiger partial charge is 0.242 e. The van der Waals surface area contributed by atoms with Crippen molar-refractivity contribution >= 4 is 23.2 Å². The van der Waals surface area contributed by atoms with E-state index in [9.17, 15) is 9.59 Å². The van der Waals surface area contributed by atoms with Gasteiger partial charge in [-0.2, -0.15) is 0 Å². The van der Waals surface area contributed by atoms with Crippen molar-refractivity contribution in [3.8, 4) is 0 Å². The highest BCUT2D eigenvalue weighted by atomic mass is 32.1. The molecule has 24 heavy (non-hydrogen) atoms. The van der Waals surface area contributed by atoms with Gasteiger partial charge in [-0.15, -0.1) is 11.3 Å². The Bertz CT molecular complexity index is 616. The summed E-state index contributed by atoms with van der Waals surface area (Å²) < 4.78 is 0. The number of aromatic nitrogens is 1. The van der Waals surface area contributed by atoms with E-state index in [0.29, 0.717) is 6.54 Å². The summed E-state index contributed by atoms with van der Waals surface area (Å²) in [5.74, 6) is 0.362. The van der Waals surface area contributed by atoms with Crippen molar-refractivity contribution in [2.45, 2.75) is 64.3 Å². The first kappa shape index (κ1) is 17.4. The summed E-state index contributed by atoms with van der Waals surface area (Å²) in [4.78, 5) is 31.1. The van der Waals surface area contributed by atoms with Crippen molar-refractivity contribution in [1.29, 1.82) is 0 Å². The van der Waals surface area contributed by atoms with Crippen LogP contribution in [0.25, 0.3) is 0 Å². The Hall–Kier alpha value is -1.43. The summed E-state index contributed by atoms with van der Waals surface area (Å²) in [6, 6.07) is -0.264. The highest BCUT2D eigenvalue weighted by Crippen LogP contribution is 2.33. The summed E-state index contributed by atoms with van der Waals surface area (Å²) in [6.07, 6.45) is 4.44. The largest absolute Gasteiger partial charge is 0.354 e. The predicted octanol–water partition coefficient (Wildman–Crippen LogP) is 2.50. The molecule has 1 aromatic rings. The van der Waals surface area contributed by atoms with Crippen LogP contribution in [0.4, 0.5) is 0 Å². The molecule has 2 fully saturated rings. The molecule has 5 nitrogen and oxygen atoms in total. The highest BCUT2D eigenvalue weighted by Gasteiger charge is 2.40. The molecule has 2 amide bonds. The molecule has 2 aliphatic rings. The van der Waals surface area contributed by atoms with Gasteiger partial charge in [0.1, 0.15) is 6.04 Å². The van der Waals surface area contributed by atoms with Crippen LogP contribution in [-0.4, -0.2) is 40.8 Å². The number of thiazole rings is 1. The van der Waals surface area contributed by atoms with Gasteiger partial charge in [0.15, 0.2) is 0 Å². The molecule has 1 saturated carbocycles. The minimum absolute atomic E-state index is 0.00546. The number of rotatable bonds is 5. The first-order chi connectivity index (χ1) is 11.4. The maximum atomic E-state index is 12.4. The zero-order valence-corrected chi connectivity index (χ0v) is 15.6. The fourth-order valence-electron chi connectivity index (χ4n) is 3.05. The van der Waals surface area contributed by atoms with Crippen molar-refractivity contribution in [2.75, 3.05) is 13.1 Å². The lowest BCUT2D eigenvalue weighted by Gasteiger charge is -2.23. The molecule has 0 radical (unpaired) electrons. The quantitative estimate of drug-likeness (QED) is 0.888. The van der Waals surface area contributed by atoms with Crippen LogP contribution in [0.2, 0.25) is 0 Å². The van der Waals surface area contributed by atoms with Gasteiger partial charge in [0, 0.05) is 36.2 Å². The van der Waals surface area contributed by atoms with Gasteiger partial charge in [-0.1, -0.05) is 20.8 Å². The van der Waals surface area contributed by atoms with Crippen LogP contribution in [-0.2, 0) is 21.4 Å². The molecule has 2 heterocycles. The predicted molar refractivity (Wildman–Crippen MR) is 95.0 cm³/mol. The Morgan fingerprint density at radius 2 is 2.08 bits per heavy atom. The number of carbonyl (C=O) groups is 2. The van der Waals surface area contributed by atoms with Gasteiger partial charge in [0.25, 0.3) is 0 Å². The summed E-state index contributed by atoms with van der Waals surface area (Å²) in [6.45, 7) is 7.77. The third-order valence-corrected chi connectivity index (χ3v) is 5.63. The number of nitrogens with one attached hydrogen (secondary N) is 1. The first-order valence-corrected chi connectivity index (χ1v) is 9.77. The summed E-state index contributed by atoms with van der Waals surface area (Å²) in [5.41, 5.74) is 1.16. The van der Waals surface area contributed by atoms with Crippen LogP contribution in [0.3, 0.4) is 0 Å². The van der Waals surface area contributed by atoms with Gasteiger partial charge in [-0.05, 0) is 25.7 Å². The molecule has 0 unspecified atom stereocenters. The Kier molecular flexibility index (Phi) is 4.95. The second-order valence-corrected chi connectivity index (χ2v) is 8.82. The SMILES string of the molecule is CC(C)(C)c1csc(CCNC(=O)[C@H]2CCCN2C(=O)C2CC2)n1. The van der Waals surface area contributed by atoms with E-state index < -0.39 is 0 Å². The molecule has 1 N–H and O–H groups in total. The summed E-state index contributed by atoms with van der Waals surface area (Å²) in [7, 11) is 0. The fourth-order valence-corrected chi connectivity index (χ4v) is 4.07. The van der Waals surface area contributed by atoms with Crippen molar-refractivity contribution in [1.82, 2.24) is 15.2 Å². The maximum absolute atomic E-state index is 12.4. The van der Waals surface area contributed by atoms with E-state index in [4.69, 9.17) is 0 Å². The molecule has 1 aliphatic heterocycles. The van der Waals surface area contributed by atoms with E-state index in [-0.39, 0.29) is 29.2 Å². The molecule has 0 spiro atoms. The van der Waals surface area contributed by atoms with Crippen LogP contribution in [0, 0.1) is 5.92 Å². The lowest BCUT2D eigenvalue weighted by molar-refractivity contribution is -0.139. The van der Waals surface area contributed by atoms with E-state index in [0.717, 1.165) is 49.4 Å². The number of hydrogen-bond acceptors (Lipinski definition) is 4. The van der Waals surface area contributed by atoms with E-state index in [1.54, 1.807) is 16.2 Å². The molecule has 6 heteroatoms.